The van der Waals surface area contributed by atoms with Crippen LogP contribution in [0.15, 0.2) is 140 Å². The van der Waals surface area contributed by atoms with E-state index in [2.05, 4.69) is 18.2 Å². The number of hydrogen-bond donors (Lipinski definition) is 0. The molecular weight excluding hydrogens is 749 g/mol. The molecule has 0 N–H and O–H groups in total. The molecule has 2 aromatic heterocycles. The van der Waals surface area contributed by atoms with Crippen LogP contribution >= 0.6 is 0 Å². The molecule has 0 amide bonds. The normalized spacial score (nSPS) is 11.9. The zero-order chi connectivity index (χ0) is 40.5. The Morgan fingerprint density at radius 2 is 0.793 bits per heavy atom. The van der Waals surface area contributed by atoms with Gasteiger partial charge in [-0.3, -0.25) is 0 Å². The molecule has 9 aromatic rings. The zero-order valence-corrected chi connectivity index (χ0v) is 29.8. The molecule has 0 fully saturated rings. The summed E-state index contributed by atoms with van der Waals surface area (Å²) >= 11 is 0. The molecule has 0 unspecified atom stereocenters. The van der Waals surface area contributed by atoms with Gasteiger partial charge in [0.2, 0.25) is 0 Å². The number of para-hydroxylation sites is 2. The standard InChI is InChI=1S/C47H23F6N5/c48-46(49,50)32-20-31(21-33(23-32)47(51,52)53)30-12-14-37(45(22-30)58-41-8-4-2-6-35(41)39-18-28(25-55)11-16-43(39)58)36-13-9-29(26-56)19-44(36)57-40-7-3-1-5-34(40)38-17-27(24-54)10-15-42(38)57/h1-23H. The molecule has 0 aliphatic heterocycles. The Morgan fingerprint density at radius 1 is 0.379 bits per heavy atom. The van der Waals surface area contributed by atoms with Gasteiger partial charge in [0.25, 0.3) is 0 Å². The molecule has 0 bridgehead atoms. The van der Waals surface area contributed by atoms with Gasteiger partial charge >= 0.3 is 12.4 Å². The molecule has 0 aliphatic carbocycles. The van der Waals surface area contributed by atoms with Gasteiger partial charge in [0.05, 0.1) is 79.5 Å². The third-order valence-corrected chi connectivity index (χ3v) is 10.4. The molecule has 0 atom stereocenters. The Hall–Kier alpha value is -7.81. The third-order valence-electron chi connectivity index (χ3n) is 10.4. The largest absolute Gasteiger partial charge is 0.416 e. The molecule has 11 heteroatoms. The van der Waals surface area contributed by atoms with Crippen LogP contribution in [0.3, 0.4) is 0 Å². The van der Waals surface area contributed by atoms with E-state index in [1.807, 2.05) is 63.7 Å². The second-order valence-electron chi connectivity index (χ2n) is 13.8. The minimum atomic E-state index is -5.06. The lowest BCUT2D eigenvalue weighted by Crippen LogP contribution is -2.11. The van der Waals surface area contributed by atoms with E-state index < -0.39 is 23.5 Å². The van der Waals surface area contributed by atoms with E-state index in [1.54, 1.807) is 60.7 Å². The third kappa shape index (κ3) is 5.79. The van der Waals surface area contributed by atoms with E-state index in [-0.39, 0.29) is 17.2 Å². The Labute approximate surface area is 325 Å². The highest BCUT2D eigenvalue weighted by atomic mass is 19.4. The molecule has 0 saturated heterocycles. The Morgan fingerprint density at radius 3 is 1.28 bits per heavy atom. The highest BCUT2D eigenvalue weighted by Gasteiger charge is 2.37. The molecule has 278 valence electrons. The molecule has 9 rings (SSSR count). The quantitative estimate of drug-likeness (QED) is 0.167. The summed E-state index contributed by atoms with van der Waals surface area (Å²) < 4.78 is 88.6. The molecule has 2 heterocycles. The first-order valence-corrected chi connectivity index (χ1v) is 17.7. The zero-order valence-electron chi connectivity index (χ0n) is 29.8. The lowest BCUT2D eigenvalue weighted by molar-refractivity contribution is -0.143. The second-order valence-corrected chi connectivity index (χ2v) is 13.8. The molecule has 58 heavy (non-hydrogen) atoms. The fourth-order valence-electron chi connectivity index (χ4n) is 7.86. The number of alkyl halides is 6. The van der Waals surface area contributed by atoms with Gasteiger partial charge in [-0.2, -0.15) is 42.1 Å². The fraction of sp³-hybridized carbons (Fsp3) is 0.0426. The summed E-state index contributed by atoms with van der Waals surface area (Å²) in [4.78, 5) is 0. The first-order valence-electron chi connectivity index (χ1n) is 17.7. The van der Waals surface area contributed by atoms with Gasteiger partial charge in [0.15, 0.2) is 0 Å². The van der Waals surface area contributed by atoms with Gasteiger partial charge in [0.1, 0.15) is 0 Å². The minimum absolute atomic E-state index is 0.0889. The molecule has 0 spiro atoms. The van der Waals surface area contributed by atoms with Crippen molar-refractivity contribution in [2.45, 2.75) is 12.4 Å². The molecule has 0 saturated carbocycles. The Bertz CT molecular complexity index is 3280. The van der Waals surface area contributed by atoms with Crippen molar-refractivity contribution < 1.29 is 26.3 Å². The summed E-state index contributed by atoms with van der Waals surface area (Å²) in [5.74, 6) is 0. The van der Waals surface area contributed by atoms with Gasteiger partial charge in [-0.25, -0.2) is 0 Å². The van der Waals surface area contributed by atoms with Gasteiger partial charge in [-0.05, 0) is 96.1 Å². The van der Waals surface area contributed by atoms with E-state index in [0.717, 1.165) is 27.2 Å². The van der Waals surface area contributed by atoms with Crippen molar-refractivity contribution in [3.8, 4) is 51.8 Å². The van der Waals surface area contributed by atoms with Gasteiger partial charge in [-0.1, -0.05) is 54.6 Å². The van der Waals surface area contributed by atoms with Crippen molar-refractivity contribution in [3.63, 3.8) is 0 Å². The summed E-state index contributed by atoms with van der Waals surface area (Å²) in [5, 5.41) is 32.8. The SMILES string of the molecule is N#Cc1ccc(-c2ccc(-c3cc(C(F)(F)F)cc(C(F)(F)F)c3)cc2-n2c3ccccc3c3cc(C#N)ccc32)c(-n2c3ccccc3c3cc(C#N)ccc32)c1. The summed E-state index contributed by atoms with van der Waals surface area (Å²) in [5.41, 5.74) is 3.01. The lowest BCUT2D eigenvalue weighted by atomic mass is 9.94. The van der Waals surface area contributed by atoms with Crippen LogP contribution in [-0.2, 0) is 12.4 Å². The fourth-order valence-corrected chi connectivity index (χ4v) is 7.86. The van der Waals surface area contributed by atoms with Crippen LogP contribution in [-0.4, -0.2) is 9.13 Å². The second kappa shape index (κ2) is 13.2. The number of fused-ring (bicyclic) bond motifs is 6. The number of rotatable bonds is 4. The van der Waals surface area contributed by atoms with Crippen LogP contribution in [0, 0.1) is 34.0 Å². The van der Waals surface area contributed by atoms with Crippen molar-refractivity contribution in [3.05, 3.63) is 167 Å². The molecule has 7 aromatic carbocycles. The van der Waals surface area contributed by atoms with Crippen LogP contribution in [0.2, 0.25) is 0 Å². The van der Waals surface area contributed by atoms with Crippen molar-refractivity contribution in [2.75, 3.05) is 0 Å². The molecular formula is C47H23F6N5. The van der Waals surface area contributed by atoms with Crippen molar-refractivity contribution >= 4 is 43.6 Å². The maximum Gasteiger partial charge on any atom is 0.416 e. The van der Waals surface area contributed by atoms with Crippen molar-refractivity contribution in [1.82, 2.24) is 9.13 Å². The van der Waals surface area contributed by atoms with E-state index in [4.69, 9.17) is 0 Å². The average Bonchev–Trinajstić information content (AvgIpc) is 3.74. The average molecular weight is 772 g/mol. The number of nitriles is 3. The predicted molar refractivity (Wildman–Crippen MR) is 210 cm³/mol. The number of aromatic nitrogens is 2. The minimum Gasteiger partial charge on any atom is -0.309 e. The highest BCUT2D eigenvalue weighted by Crippen LogP contribution is 2.44. The van der Waals surface area contributed by atoms with Crippen LogP contribution < -0.4 is 0 Å². The van der Waals surface area contributed by atoms with Crippen LogP contribution in [0.25, 0.3) is 77.2 Å². The monoisotopic (exact) mass is 771 g/mol. The lowest BCUT2D eigenvalue weighted by Gasteiger charge is -2.20. The van der Waals surface area contributed by atoms with E-state index in [0.29, 0.717) is 67.7 Å². The number of hydrogen-bond acceptors (Lipinski definition) is 3. The van der Waals surface area contributed by atoms with Crippen molar-refractivity contribution in [2.24, 2.45) is 0 Å². The first-order chi connectivity index (χ1) is 27.9. The van der Waals surface area contributed by atoms with E-state index >= 15 is 0 Å². The Kier molecular flexibility index (Phi) is 8.13. The van der Waals surface area contributed by atoms with E-state index in [9.17, 15) is 42.1 Å². The van der Waals surface area contributed by atoms with Gasteiger partial charge < -0.3 is 9.13 Å². The molecule has 0 aliphatic rings. The highest BCUT2D eigenvalue weighted by molar-refractivity contribution is 6.12. The van der Waals surface area contributed by atoms with Gasteiger partial charge in [-0.15, -0.1) is 0 Å². The predicted octanol–water partition coefficient (Wildman–Crippen LogP) is 12.9. The summed E-state index contributed by atoms with van der Waals surface area (Å²) in [6, 6.07) is 43.4. The topological polar surface area (TPSA) is 81.2 Å². The molecule has 5 nitrogen and oxygen atoms in total. The maximum absolute atomic E-state index is 14.1. The molecule has 0 radical (unpaired) electrons. The first kappa shape index (κ1) is 35.9. The number of nitrogens with zero attached hydrogens (tertiary/aromatic N) is 5. The maximum atomic E-state index is 14.1. The smallest absolute Gasteiger partial charge is 0.309 e. The summed E-state index contributed by atoms with van der Waals surface area (Å²) in [6.07, 6.45) is -10.1. The Balaban J connectivity index is 1.41. The number of benzene rings is 7. The van der Waals surface area contributed by atoms with Crippen molar-refractivity contribution in [1.29, 1.82) is 15.8 Å². The summed E-state index contributed by atoms with van der Waals surface area (Å²) in [6.45, 7) is 0. The number of halogens is 6. The van der Waals surface area contributed by atoms with E-state index in [1.165, 1.54) is 6.07 Å². The van der Waals surface area contributed by atoms with Crippen LogP contribution in [0.4, 0.5) is 26.3 Å². The summed E-state index contributed by atoms with van der Waals surface area (Å²) in [7, 11) is 0. The van der Waals surface area contributed by atoms with Crippen LogP contribution in [0.5, 0.6) is 0 Å². The van der Waals surface area contributed by atoms with Gasteiger partial charge in [0, 0.05) is 32.7 Å². The van der Waals surface area contributed by atoms with Crippen LogP contribution in [0.1, 0.15) is 27.8 Å².